The van der Waals surface area contributed by atoms with Crippen molar-refractivity contribution in [1.82, 2.24) is 4.90 Å². The summed E-state index contributed by atoms with van der Waals surface area (Å²) in [5, 5.41) is 13.5. The molecule has 0 bridgehead atoms. The van der Waals surface area contributed by atoms with Crippen molar-refractivity contribution in [2.75, 3.05) is 13.2 Å². The smallest absolute Gasteiger partial charge is 0.0558 e. The molecule has 2 nitrogen and oxygen atoms in total. The highest BCUT2D eigenvalue weighted by Gasteiger charge is 2.20. The van der Waals surface area contributed by atoms with Crippen LogP contribution in [0.5, 0.6) is 0 Å². The van der Waals surface area contributed by atoms with Crippen LogP contribution in [0, 0.1) is 0 Å². The van der Waals surface area contributed by atoms with Crippen molar-refractivity contribution in [2.45, 2.75) is 44.7 Å². The minimum Gasteiger partial charge on any atom is -0.395 e. The fourth-order valence-electron chi connectivity index (χ4n) is 2.58. The Kier molecular flexibility index (Phi) is 4.82. The van der Waals surface area contributed by atoms with E-state index in [1.165, 1.54) is 37.7 Å². The maximum Gasteiger partial charge on any atom is 0.0558 e. The number of thiophene rings is 1. The topological polar surface area (TPSA) is 23.5 Å². The Morgan fingerprint density at radius 2 is 2.12 bits per heavy atom. The van der Waals surface area contributed by atoms with E-state index in [9.17, 15) is 0 Å². The van der Waals surface area contributed by atoms with E-state index in [1.54, 1.807) is 11.3 Å². The second kappa shape index (κ2) is 6.38. The quantitative estimate of drug-likeness (QED) is 0.854. The van der Waals surface area contributed by atoms with Crippen LogP contribution in [0.4, 0.5) is 0 Å². The van der Waals surface area contributed by atoms with Crippen molar-refractivity contribution in [2.24, 2.45) is 0 Å². The first-order valence-electron chi connectivity index (χ1n) is 6.26. The second-order valence-corrected chi connectivity index (χ2v) is 5.40. The molecule has 90 valence electrons. The predicted molar refractivity (Wildman–Crippen MR) is 68.7 cm³/mol. The molecule has 1 aromatic heterocycles. The van der Waals surface area contributed by atoms with Gasteiger partial charge in [0, 0.05) is 19.1 Å². The van der Waals surface area contributed by atoms with Gasteiger partial charge in [-0.3, -0.25) is 4.90 Å². The van der Waals surface area contributed by atoms with Crippen LogP contribution in [0.25, 0.3) is 0 Å². The summed E-state index contributed by atoms with van der Waals surface area (Å²) in [7, 11) is 0. The number of hydrogen-bond donors (Lipinski definition) is 1. The molecule has 1 aliphatic rings. The molecule has 1 aliphatic carbocycles. The maximum atomic E-state index is 9.16. The highest BCUT2D eigenvalue weighted by Crippen LogP contribution is 2.24. The summed E-state index contributed by atoms with van der Waals surface area (Å²) >= 11 is 1.76. The summed E-state index contributed by atoms with van der Waals surface area (Å²) in [5.41, 5.74) is 1.39. The van der Waals surface area contributed by atoms with Gasteiger partial charge in [0.05, 0.1) is 6.61 Å². The third-order valence-corrected chi connectivity index (χ3v) is 4.18. The molecule has 1 heterocycles. The summed E-state index contributed by atoms with van der Waals surface area (Å²) < 4.78 is 0. The van der Waals surface area contributed by atoms with Gasteiger partial charge in [0.15, 0.2) is 0 Å². The number of hydrogen-bond acceptors (Lipinski definition) is 3. The van der Waals surface area contributed by atoms with E-state index in [2.05, 4.69) is 21.7 Å². The SMILES string of the molecule is OCCN(Cc1ccsc1)C1CCCCC1. The van der Waals surface area contributed by atoms with Crippen LogP contribution in [0.1, 0.15) is 37.7 Å². The van der Waals surface area contributed by atoms with Crippen molar-refractivity contribution in [3.05, 3.63) is 22.4 Å². The van der Waals surface area contributed by atoms with Crippen LogP contribution >= 0.6 is 11.3 Å². The first-order valence-corrected chi connectivity index (χ1v) is 7.20. The predicted octanol–water partition coefficient (Wildman–Crippen LogP) is 2.88. The van der Waals surface area contributed by atoms with E-state index < -0.39 is 0 Å². The third-order valence-electron chi connectivity index (χ3n) is 3.44. The molecule has 1 N–H and O–H groups in total. The maximum absolute atomic E-state index is 9.16. The van der Waals surface area contributed by atoms with Crippen molar-refractivity contribution in [3.8, 4) is 0 Å². The van der Waals surface area contributed by atoms with Crippen molar-refractivity contribution >= 4 is 11.3 Å². The monoisotopic (exact) mass is 239 g/mol. The molecular formula is C13H21NOS. The van der Waals surface area contributed by atoms with Crippen LogP contribution < -0.4 is 0 Å². The van der Waals surface area contributed by atoms with Crippen LogP contribution in [-0.4, -0.2) is 29.2 Å². The molecule has 0 unspecified atom stereocenters. The van der Waals surface area contributed by atoms with Crippen LogP contribution in [0.15, 0.2) is 16.8 Å². The molecular weight excluding hydrogens is 218 g/mol. The Hall–Kier alpha value is -0.380. The highest BCUT2D eigenvalue weighted by molar-refractivity contribution is 7.07. The molecule has 1 saturated carbocycles. The zero-order chi connectivity index (χ0) is 11.2. The fraction of sp³-hybridized carbons (Fsp3) is 0.692. The Morgan fingerprint density at radius 1 is 1.31 bits per heavy atom. The minimum atomic E-state index is 0.278. The molecule has 16 heavy (non-hydrogen) atoms. The molecule has 2 rings (SSSR count). The van der Waals surface area contributed by atoms with Gasteiger partial charge < -0.3 is 5.11 Å². The van der Waals surface area contributed by atoms with Gasteiger partial charge in [0.2, 0.25) is 0 Å². The number of nitrogens with zero attached hydrogens (tertiary/aromatic N) is 1. The average molecular weight is 239 g/mol. The molecule has 0 spiro atoms. The van der Waals surface area contributed by atoms with E-state index in [0.717, 1.165) is 13.1 Å². The third kappa shape index (κ3) is 3.30. The zero-order valence-corrected chi connectivity index (χ0v) is 10.6. The summed E-state index contributed by atoms with van der Waals surface area (Å²) in [5.74, 6) is 0. The molecule has 0 saturated heterocycles. The lowest BCUT2D eigenvalue weighted by atomic mass is 9.94. The van der Waals surface area contributed by atoms with E-state index >= 15 is 0 Å². The van der Waals surface area contributed by atoms with E-state index in [4.69, 9.17) is 5.11 Å². The molecule has 0 amide bonds. The first kappa shape index (κ1) is 12.1. The number of aliphatic hydroxyl groups excluding tert-OH is 1. The Morgan fingerprint density at radius 3 is 2.75 bits per heavy atom. The largest absolute Gasteiger partial charge is 0.395 e. The summed E-state index contributed by atoms with van der Waals surface area (Å²) in [6.07, 6.45) is 6.72. The Bertz CT molecular complexity index is 280. The lowest BCUT2D eigenvalue weighted by Crippen LogP contribution is -2.38. The second-order valence-electron chi connectivity index (χ2n) is 4.62. The van der Waals surface area contributed by atoms with Gasteiger partial charge >= 0.3 is 0 Å². The van der Waals surface area contributed by atoms with Gasteiger partial charge in [-0.25, -0.2) is 0 Å². The summed E-state index contributed by atoms with van der Waals surface area (Å²) in [6.45, 7) is 2.11. The Labute approximate surface area is 102 Å². The first-order chi connectivity index (χ1) is 7.90. The summed E-state index contributed by atoms with van der Waals surface area (Å²) in [4.78, 5) is 2.46. The van der Waals surface area contributed by atoms with E-state index in [1.807, 2.05) is 0 Å². The van der Waals surface area contributed by atoms with Crippen molar-refractivity contribution < 1.29 is 5.11 Å². The van der Waals surface area contributed by atoms with Gasteiger partial charge in [0.25, 0.3) is 0 Å². The van der Waals surface area contributed by atoms with Gasteiger partial charge in [-0.15, -0.1) is 0 Å². The molecule has 0 atom stereocenters. The standard InChI is InChI=1S/C13H21NOS/c15-8-7-14(10-12-6-9-16-11-12)13-4-2-1-3-5-13/h6,9,11,13,15H,1-5,7-8,10H2. The fourth-order valence-corrected chi connectivity index (χ4v) is 3.24. The van der Waals surface area contributed by atoms with Gasteiger partial charge in [0.1, 0.15) is 0 Å². The lowest BCUT2D eigenvalue weighted by Gasteiger charge is -2.33. The van der Waals surface area contributed by atoms with Crippen molar-refractivity contribution in [3.63, 3.8) is 0 Å². The normalized spacial score (nSPS) is 18.1. The lowest BCUT2D eigenvalue weighted by molar-refractivity contribution is 0.117. The number of aliphatic hydroxyl groups is 1. The average Bonchev–Trinajstić information content (AvgIpc) is 2.83. The van der Waals surface area contributed by atoms with Crippen LogP contribution in [0.3, 0.4) is 0 Å². The zero-order valence-electron chi connectivity index (χ0n) is 9.77. The van der Waals surface area contributed by atoms with Crippen LogP contribution in [-0.2, 0) is 6.54 Å². The van der Waals surface area contributed by atoms with E-state index in [-0.39, 0.29) is 6.61 Å². The molecule has 1 aromatic rings. The Balaban J connectivity index is 1.92. The number of rotatable bonds is 5. The molecule has 3 heteroatoms. The minimum absolute atomic E-state index is 0.278. The van der Waals surface area contributed by atoms with Crippen LogP contribution in [0.2, 0.25) is 0 Å². The van der Waals surface area contributed by atoms with Gasteiger partial charge in [-0.05, 0) is 35.2 Å². The molecule has 0 aromatic carbocycles. The molecule has 0 radical (unpaired) electrons. The molecule has 0 aliphatic heterocycles. The van der Waals surface area contributed by atoms with Crippen molar-refractivity contribution in [1.29, 1.82) is 0 Å². The summed E-state index contributed by atoms with van der Waals surface area (Å²) in [6, 6.07) is 2.89. The molecule has 1 fully saturated rings. The van der Waals surface area contributed by atoms with Gasteiger partial charge in [-0.1, -0.05) is 19.3 Å². The van der Waals surface area contributed by atoms with Gasteiger partial charge in [-0.2, -0.15) is 11.3 Å². The van der Waals surface area contributed by atoms with E-state index in [0.29, 0.717) is 6.04 Å². The highest BCUT2D eigenvalue weighted by atomic mass is 32.1.